The van der Waals surface area contributed by atoms with Gasteiger partial charge in [-0.1, -0.05) is 60.2 Å². The fraction of sp³-hybridized carbons (Fsp3) is 0.200. The SMILES string of the molecule is Cc1cc(C)c(Cc2cccc3ccccc23)c(C)c1. The fourth-order valence-electron chi connectivity index (χ4n) is 3.13. The Morgan fingerprint density at radius 1 is 0.750 bits per heavy atom. The average molecular weight is 260 g/mol. The smallest absolute Gasteiger partial charge is 0.00144 e. The number of aryl methyl sites for hydroxylation is 3. The van der Waals surface area contributed by atoms with Crippen LogP contribution in [0.2, 0.25) is 0 Å². The summed E-state index contributed by atoms with van der Waals surface area (Å²) in [5.41, 5.74) is 7.03. The molecule has 3 aromatic rings. The largest absolute Gasteiger partial charge is 0.0616 e. The van der Waals surface area contributed by atoms with Gasteiger partial charge in [0.25, 0.3) is 0 Å². The molecule has 0 aliphatic carbocycles. The predicted molar refractivity (Wildman–Crippen MR) is 87.4 cm³/mol. The van der Waals surface area contributed by atoms with E-state index < -0.39 is 0 Å². The van der Waals surface area contributed by atoms with Gasteiger partial charge in [-0.15, -0.1) is 0 Å². The zero-order chi connectivity index (χ0) is 14.1. The van der Waals surface area contributed by atoms with Gasteiger partial charge in [-0.2, -0.15) is 0 Å². The lowest BCUT2D eigenvalue weighted by molar-refractivity contribution is 1.12. The molecule has 0 saturated carbocycles. The summed E-state index contributed by atoms with van der Waals surface area (Å²) < 4.78 is 0. The molecule has 3 rings (SSSR count). The lowest BCUT2D eigenvalue weighted by atomic mass is 9.92. The van der Waals surface area contributed by atoms with Crippen LogP contribution in [0.4, 0.5) is 0 Å². The zero-order valence-electron chi connectivity index (χ0n) is 12.4. The summed E-state index contributed by atoms with van der Waals surface area (Å²) in [7, 11) is 0. The summed E-state index contributed by atoms with van der Waals surface area (Å²) in [5, 5.41) is 2.70. The van der Waals surface area contributed by atoms with Gasteiger partial charge in [-0.05, 0) is 60.2 Å². The number of hydrogen-bond donors (Lipinski definition) is 0. The Bertz CT molecular complexity index is 738. The highest BCUT2D eigenvalue weighted by Gasteiger charge is 2.07. The predicted octanol–water partition coefficient (Wildman–Crippen LogP) is 5.36. The van der Waals surface area contributed by atoms with E-state index in [-0.39, 0.29) is 0 Å². The molecule has 0 unspecified atom stereocenters. The third-order valence-corrected chi connectivity index (χ3v) is 4.09. The van der Waals surface area contributed by atoms with E-state index in [4.69, 9.17) is 0 Å². The average Bonchev–Trinajstić information content (AvgIpc) is 2.43. The summed E-state index contributed by atoms with van der Waals surface area (Å²) in [6, 6.07) is 19.8. The molecule has 0 heterocycles. The molecule has 0 spiro atoms. The van der Waals surface area contributed by atoms with Crippen molar-refractivity contribution < 1.29 is 0 Å². The lowest BCUT2D eigenvalue weighted by Gasteiger charge is -2.13. The molecule has 0 N–H and O–H groups in total. The highest BCUT2D eigenvalue weighted by Crippen LogP contribution is 2.25. The molecule has 0 heteroatoms. The van der Waals surface area contributed by atoms with Gasteiger partial charge in [-0.25, -0.2) is 0 Å². The van der Waals surface area contributed by atoms with Crippen LogP contribution in [0.1, 0.15) is 27.8 Å². The molecule has 3 aromatic carbocycles. The summed E-state index contributed by atoms with van der Waals surface area (Å²) in [6.07, 6.45) is 1.01. The van der Waals surface area contributed by atoms with Gasteiger partial charge >= 0.3 is 0 Å². The third kappa shape index (κ3) is 2.34. The Morgan fingerprint density at radius 3 is 2.15 bits per heavy atom. The van der Waals surface area contributed by atoms with Crippen molar-refractivity contribution in [3.05, 3.63) is 82.4 Å². The monoisotopic (exact) mass is 260 g/mol. The number of hydrogen-bond acceptors (Lipinski definition) is 0. The van der Waals surface area contributed by atoms with Crippen LogP contribution in [0.5, 0.6) is 0 Å². The first kappa shape index (κ1) is 12.9. The molecule has 0 aromatic heterocycles. The van der Waals surface area contributed by atoms with E-state index in [0.717, 1.165) is 6.42 Å². The van der Waals surface area contributed by atoms with Crippen molar-refractivity contribution in [2.45, 2.75) is 27.2 Å². The van der Waals surface area contributed by atoms with Gasteiger partial charge in [0.2, 0.25) is 0 Å². The first-order valence-electron chi connectivity index (χ1n) is 7.18. The van der Waals surface area contributed by atoms with Crippen molar-refractivity contribution in [3.8, 4) is 0 Å². The second-order valence-electron chi connectivity index (χ2n) is 5.69. The quantitative estimate of drug-likeness (QED) is 0.582. The maximum absolute atomic E-state index is 2.29. The Labute approximate surface area is 121 Å². The summed E-state index contributed by atoms with van der Waals surface area (Å²) in [5.74, 6) is 0. The van der Waals surface area contributed by atoms with Crippen LogP contribution in [0, 0.1) is 20.8 Å². The Kier molecular flexibility index (Phi) is 3.31. The maximum Gasteiger partial charge on any atom is -0.00144 e. The van der Waals surface area contributed by atoms with E-state index >= 15 is 0 Å². The highest BCUT2D eigenvalue weighted by molar-refractivity contribution is 5.86. The summed E-state index contributed by atoms with van der Waals surface area (Å²) in [4.78, 5) is 0. The van der Waals surface area contributed by atoms with Crippen molar-refractivity contribution in [2.24, 2.45) is 0 Å². The highest BCUT2D eigenvalue weighted by atomic mass is 14.1. The topological polar surface area (TPSA) is 0 Å². The molecule has 0 fully saturated rings. The molecule has 100 valence electrons. The Hall–Kier alpha value is -2.08. The van der Waals surface area contributed by atoms with Crippen LogP contribution < -0.4 is 0 Å². The van der Waals surface area contributed by atoms with Crippen LogP contribution in [-0.2, 0) is 6.42 Å². The molecule has 0 saturated heterocycles. The van der Waals surface area contributed by atoms with Crippen LogP contribution >= 0.6 is 0 Å². The molecule has 0 radical (unpaired) electrons. The zero-order valence-corrected chi connectivity index (χ0v) is 12.4. The summed E-state index contributed by atoms with van der Waals surface area (Å²) >= 11 is 0. The van der Waals surface area contributed by atoms with Crippen molar-refractivity contribution in [1.29, 1.82) is 0 Å². The first-order chi connectivity index (χ1) is 9.65. The van der Waals surface area contributed by atoms with Crippen molar-refractivity contribution in [3.63, 3.8) is 0 Å². The van der Waals surface area contributed by atoms with Gasteiger partial charge in [0.15, 0.2) is 0 Å². The molecular weight excluding hydrogens is 240 g/mol. The van der Waals surface area contributed by atoms with E-state index in [2.05, 4.69) is 75.4 Å². The van der Waals surface area contributed by atoms with Crippen LogP contribution in [0.3, 0.4) is 0 Å². The standard InChI is InChI=1S/C20H20/c1-14-11-15(2)20(16(3)12-14)13-18-9-6-8-17-7-4-5-10-19(17)18/h4-12H,13H2,1-3H3. The molecule has 0 nitrogen and oxygen atoms in total. The van der Waals surface area contributed by atoms with Crippen molar-refractivity contribution >= 4 is 10.8 Å². The molecule has 0 atom stereocenters. The van der Waals surface area contributed by atoms with Gasteiger partial charge in [0.05, 0.1) is 0 Å². The molecular formula is C20H20. The van der Waals surface area contributed by atoms with Crippen LogP contribution in [0.25, 0.3) is 10.8 Å². The number of benzene rings is 3. The minimum Gasteiger partial charge on any atom is -0.0616 e. The minimum atomic E-state index is 1.01. The maximum atomic E-state index is 2.29. The van der Waals surface area contributed by atoms with E-state index in [1.807, 2.05) is 0 Å². The van der Waals surface area contributed by atoms with Crippen molar-refractivity contribution in [1.82, 2.24) is 0 Å². The van der Waals surface area contributed by atoms with Crippen molar-refractivity contribution in [2.75, 3.05) is 0 Å². The number of rotatable bonds is 2. The first-order valence-corrected chi connectivity index (χ1v) is 7.18. The van der Waals surface area contributed by atoms with Crippen LogP contribution in [-0.4, -0.2) is 0 Å². The van der Waals surface area contributed by atoms with Gasteiger partial charge < -0.3 is 0 Å². The number of fused-ring (bicyclic) bond motifs is 1. The molecule has 0 amide bonds. The third-order valence-electron chi connectivity index (χ3n) is 4.09. The van der Waals surface area contributed by atoms with E-state index in [1.54, 1.807) is 0 Å². The van der Waals surface area contributed by atoms with Crippen LogP contribution in [0.15, 0.2) is 54.6 Å². The molecule has 0 aliphatic heterocycles. The lowest BCUT2D eigenvalue weighted by Crippen LogP contribution is -1.97. The molecule has 0 bridgehead atoms. The van der Waals surface area contributed by atoms with E-state index in [1.165, 1.54) is 38.6 Å². The second-order valence-corrected chi connectivity index (χ2v) is 5.69. The summed E-state index contributed by atoms with van der Waals surface area (Å²) in [6.45, 7) is 6.61. The van der Waals surface area contributed by atoms with Gasteiger partial charge in [0.1, 0.15) is 0 Å². The van der Waals surface area contributed by atoms with E-state index in [9.17, 15) is 0 Å². The minimum absolute atomic E-state index is 1.01. The van der Waals surface area contributed by atoms with E-state index in [0.29, 0.717) is 0 Å². The fourth-order valence-corrected chi connectivity index (χ4v) is 3.13. The van der Waals surface area contributed by atoms with Gasteiger partial charge in [-0.3, -0.25) is 0 Å². The van der Waals surface area contributed by atoms with Gasteiger partial charge in [0, 0.05) is 0 Å². The second kappa shape index (κ2) is 5.13. The molecule has 20 heavy (non-hydrogen) atoms. The normalized spacial score (nSPS) is 10.9. The Morgan fingerprint density at radius 2 is 1.40 bits per heavy atom. The molecule has 0 aliphatic rings. The Balaban J connectivity index is 2.10.